The van der Waals surface area contributed by atoms with Crippen LogP contribution in [0.2, 0.25) is 5.02 Å². The topological polar surface area (TPSA) is 46.2 Å². The summed E-state index contributed by atoms with van der Waals surface area (Å²) in [4.78, 5) is 0. The van der Waals surface area contributed by atoms with E-state index in [0.717, 1.165) is 6.07 Å². The van der Waals surface area contributed by atoms with E-state index in [1.807, 2.05) is 0 Å². The molecule has 0 aromatic heterocycles. The fourth-order valence-electron chi connectivity index (χ4n) is 1.09. The third-order valence-corrected chi connectivity index (χ3v) is 2.04. The first-order valence-corrected chi connectivity index (χ1v) is 4.17. The van der Waals surface area contributed by atoms with Gasteiger partial charge < -0.3 is 10.8 Å². The smallest absolute Gasteiger partial charge is 0.143 e. The van der Waals surface area contributed by atoms with Gasteiger partial charge in [-0.2, -0.15) is 0 Å². The Hall–Kier alpha value is -0.800. The highest BCUT2D eigenvalue weighted by Crippen LogP contribution is 2.30. The predicted octanol–water partition coefficient (Wildman–Crippen LogP) is 2.29. The number of hydrogen-bond acceptors (Lipinski definition) is 2. The van der Waals surface area contributed by atoms with Crippen molar-refractivity contribution in [3.8, 4) is 0 Å². The van der Waals surface area contributed by atoms with Crippen LogP contribution in [0, 0.1) is 5.82 Å². The SMILES string of the molecule is CC(C)(O)c1cc(Cl)c(F)cc1N. The van der Waals surface area contributed by atoms with E-state index in [0.29, 0.717) is 5.56 Å². The van der Waals surface area contributed by atoms with E-state index in [4.69, 9.17) is 17.3 Å². The van der Waals surface area contributed by atoms with Crippen LogP contribution < -0.4 is 5.73 Å². The average molecular weight is 204 g/mol. The van der Waals surface area contributed by atoms with E-state index < -0.39 is 11.4 Å². The number of halogens is 2. The molecule has 2 nitrogen and oxygen atoms in total. The third kappa shape index (κ3) is 2.11. The summed E-state index contributed by atoms with van der Waals surface area (Å²) in [6.45, 7) is 3.12. The van der Waals surface area contributed by atoms with Gasteiger partial charge in [0.15, 0.2) is 0 Å². The molecule has 0 radical (unpaired) electrons. The lowest BCUT2D eigenvalue weighted by atomic mass is 9.97. The number of aliphatic hydroxyl groups is 1. The van der Waals surface area contributed by atoms with Gasteiger partial charge in [-0.25, -0.2) is 4.39 Å². The summed E-state index contributed by atoms with van der Waals surface area (Å²) in [5.74, 6) is -0.577. The van der Waals surface area contributed by atoms with E-state index in [-0.39, 0.29) is 10.7 Å². The molecule has 0 saturated heterocycles. The second-order valence-corrected chi connectivity index (χ2v) is 3.82. The van der Waals surface area contributed by atoms with Gasteiger partial charge in [0.25, 0.3) is 0 Å². The van der Waals surface area contributed by atoms with Gasteiger partial charge in [0.2, 0.25) is 0 Å². The minimum absolute atomic E-state index is 0.0358. The molecule has 13 heavy (non-hydrogen) atoms. The number of rotatable bonds is 1. The maximum atomic E-state index is 12.9. The first kappa shape index (κ1) is 10.3. The van der Waals surface area contributed by atoms with E-state index >= 15 is 0 Å². The molecule has 0 aliphatic heterocycles. The molecule has 0 unspecified atom stereocenters. The Balaban J connectivity index is 3.32. The molecule has 0 aliphatic carbocycles. The van der Waals surface area contributed by atoms with Crippen molar-refractivity contribution < 1.29 is 9.50 Å². The van der Waals surface area contributed by atoms with Crippen molar-refractivity contribution >= 4 is 17.3 Å². The van der Waals surface area contributed by atoms with Gasteiger partial charge in [0.1, 0.15) is 5.82 Å². The van der Waals surface area contributed by atoms with Crippen molar-refractivity contribution in [1.82, 2.24) is 0 Å². The van der Waals surface area contributed by atoms with E-state index in [9.17, 15) is 9.50 Å². The number of benzene rings is 1. The van der Waals surface area contributed by atoms with E-state index in [2.05, 4.69) is 0 Å². The van der Waals surface area contributed by atoms with Crippen LogP contribution in [0.5, 0.6) is 0 Å². The van der Waals surface area contributed by atoms with Gasteiger partial charge in [0.05, 0.1) is 10.6 Å². The summed E-state index contributed by atoms with van der Waals surface area (Å²) < 4.78 is 12.9. The van der Waals surface area contributed by atoms with Crippen molar-refractivity contribution in [2.45, 2.75) is 19.4 Å². The molecule has 0 bridgehead atoms. The van der Waals surface area contributed by atoms with E-state index in [1.165, 1.54) is 6.07 Å². The first-order chi connectivity index (χ1) is 5.82. The maximum absolute atomic E-state index is 12.9. The summed E-state index contributed by atoms with van der Waals surface area (Å²) in [5.41, 5.74) is 5.04. The highest BCUT2D eigenvalue weighted by atomic mass is 35.5. The molecule has 0 fully saturated rings. The molecule has 0 saturated carbocycles. The molecule has 1 aromatic rings. The molecule has 72 valence electrons. The lowest BCUT2D eigenvalue weighted by Crippen LogP contribution is -2.17. The van der Waals surface area contributed by atoms with Gasteiger partial charge in [-0.05, 0) is 26.0 Å². The molecule has 0 aliphatic rings. The summed E-state index contributed by atoms with van der Waals surface area (Å²) in [6, 6.07) is 2.45. The van der Waals surface area contributed by atoms with Gasteiger partial charge in [-0.3, -0.25) is 0 Å². The average Bonchev–Trinajstić information content (AvgIpc) is 1.94. The first-order valence-electron chi connectivity index (χ1n) is 3.79. The lowest BCUT2D eigenvalue weighted by molar-refractivity contribution is 0.0793. The van der Waals surface area contributed by atoms with Crippen molar-refractivity contribution in [3.05, 3.63) is 28.5 Å². The predicted molar refractivity (Wildman–Crippen MR) is 51.1 cm³/mol. The molecule has 0 spiro atoms. The quantitative estimate of drug-likeness (QED) is 0.688. The molecule has 4 heteroatoms. The van der Waals surface area contributed by atoms with Crippen LogP contribution in [-0.4, -0.2) is 5.11 Å². The normalized spacial score (nSPS) is 11.8. The number of hydrogen-bond donors (Lipinski definition) is 2. The zero-order chi connectivity index (χ0) is 10.2. The summed E-state index contributed by atoms with van der Waals surface area (Å²) in [5, 5.41) is 9.59. The standard InChI is InChI=1S/C9H11ClFNO/c1-9(2,13)5-3-6(10)7(11)4-8(5)12/h3-4,13H,12H2,1-2H3. The highest BCUT2D eigenvalue weighted by Gasteiger charge is 2.20. The zero-order valence-electron chi connectivity index (χ0n) is 7.44. The number of nitrogen functional groups attached to an aromatic ring is 1. The molecular weight excluding hydrogens is 193 g/mol. The minimum atomic E-state index is -1.11. The second kappa shape index (κ2) is 3.16. The van der Waals surface area contributed by atoms with Crippen LogP contribution in [0.4, 0.5) is 10.1 Å². The number of nitrogens with two attached hydrogens (primary N) is 1. The van der Waals surface area contributed by atoms with Crippen LogP contribution in [0.15, 0.2) is 12.1 Å². The summed E-state index contributed by atoms with van der Waals surface area (Å²) >= 11 is 5.55. The van der Waals surface area contributed by atoms with Crippen LogP contribution in [0.3, 0.4) is 0 Å². The van der Waals surface area contributed by atoms with Gasteiger partial charge in [-0.15, -0.1) is 0 Å². The fourth-order valence-corrected chi connectivity index (χ4v) is 1.26. The van der Waals surface area contributed by atoms with Crippen LogP contribution in [0.1, 0.15) is 19.4 Å². The second-order valence-electron chi connectivity index (χ2n) is 3.41. The Bertz CT molecular complexity index is 333. The maximum Gasteiger partial charge on any atom is 0.143 e. The molecule has 0 amide bonds. The van der Waals surface area contributed by atoms with Crippen LogP contribution in [-0.2, 0) is 5.60 Å². The molecule has 0 heterocycles. The van der Waals surface area contributed by atoms with E-state index in [1.54, 1.807) is 13.8 Å². The zero-order valence-corrected chi connectivity index (χ0v) is 8.19. The fraction of sp³-hybridized carbons (Fsp3) is 0.333. The molecule has 1 rings (SSSR count). The highest BCUT2D eigenvalue weighted by molar-refractivity contribution is 6.30. The van der Waals surface area contributed by atoms with Gasteiger partial charge in [-0.1, -0.05) is 11.6 Å². The van der Waals surface area contributed by atoms with Crippen molar-refractivity contribution in [2.75, 3.05) is 5.73 Å². The number of anilines is 1. The molecular formula is C9H11ClFNO. The Kier molecular flexibility index (Phi) is 2.50. The van der Waals surface area contributed by atoms with Crippen molar-refractivity contribution in [2.24, 2.45) is 0 Å². The largest absolute Gasteiger partial charge is 0.398 e. The summed E-state index contributed by atoms with van der Waals surface area (Å²) in [7, 11) is 0. The molecule has 3 N–H and O–H groups in total. The van der Waals surface area contributed by atoms with Gasteiger partial charge in [0, 0.05) is 11.3 Å². The molecule has 0 atom stereocenters. The lowest BCUT2D eigenvalue weighted by Gasteiger charge is -2.20. The monoisotopic (exact) mass is 203 g/mol. The minimum Gasteiger partial charge on any atom is -0.398 e. The Morgan fingerprint density at radius 3 is 2.46 bits per heavy atom. The van der Waals surface area contributed by atoms with Crippen LogP contribution in [0.25, 0.3) is 0 Å². The van der Waals surface area contributed by atoms with Crippen LogP contribution >= 0.6 is 11.6 Å². The van der Waals surface area contributed by atoms with Gasteiger partial charge >= 0.3 is 0 Å². The van der Waals surface area contributed by atoms with Crippen molar-refractivity contribution in [3.63, 3.8) is 0 Å². The molecule has 1 aromatic carbocycles. The summed E-state index contributed by atoms with van der Waals surface area (Å²) in [6.07, 6.45) is 0. The Morgan fingerprint density at radius 1 is 1.46 bits per heavy atom. The Labute approximate surface area is 81.1 Å². The third-order valence-electron chi connectivity index (χ3n) is 1.75. The van der Waals surface area contributed by atoms with Crippen molar-refractivity contribution in [1.29, 1.82) is 0 Å². The Morgan fingerprint density at radius 2 is 2.00 bits per heavy atom.